The molecule has 106 valence electrons. The maximum Gasteiger partial charge on any atom is 0.220 e. The molecule has 1 rings (SSSR count). The first-order valence-electron chi connectivity index (χ1n) is 7.38. The first-order valence-corrected chi connectivity index (χ1v) is 7.38. The van der Waals surface area contributed by atoms with Gasteiger partial charge in [-0.3, -0.25) is 4.79 Å². The zero-order valence-corrected chi connectivity index (χ0v) is 11.7. The Bertz CT molecular complexity index is 234. The van der Waals surface area contributed by atoms with Gasteiger partial charge in [0.15, 0.2) is 0 Å². The molecule has 0 bridgehead atoms. The maximum absolute atomic E-state index is 11.6. The molecular formula is C14H28N2O2. The molecule has 0 aliphatic carbocycles. The molecule has 1 atom stereocenters. The van der Waals surface area contributed by atoms with Gasteiger partial charge >= 0.3 is 0 Å². The number of aliphatic hydroxyl groups is 1. The van der Waals surface area contributed by atoms with Crippen molar-refractivity contribution < 1.29 is 9.90 Å². The van der Waals surface area contributed by atoms with Crippen molar-refractivity contribution in [1.82, 2.24) is 10.2 Å². The molecule has 0 aromatic carbocycles. The normalized spacial score (nSPS) is 20.9. The van der Waals surface area contributed by atoms with E-state index in [1.54, 1.807) is 0 Å². The maximum atomic E-state index is 11.6. The summed E-state index contributed by atoms with van der Waals surface area (Å²) in [6, 6.07) is 0.343. The summed E-state index contributed by atoms with van der Waals surface area (Å²) in [6.45, 7) is 5.58. The fourth-order valence-electron chi connectivity index (χ4n) is 2.53. The van der Waals surface area contributed by atoms with E-state index < -0.39 is 0 Å². The predicted molar refractivity (Wildman–Crippen MR) is 73.4 cm³/mol. The molecule has 0 radical (unpaired) electrons. The van der Waals surface area contributed by atoms with E-state index in [0.29, 0.717) is 19.1 Å². The monoisotopic (exact) mass is 256 g/mol. The van der Waals surface area contributed by atoms with Crippen LogP contribution in [0.5, 0.6) is 0 Å². The lowest BCUT2D eigenvalue weighted by Crippen LogP contribution is -2.47. The SMILES string of the molecule is CCCC(=O)NC1CCCN(CCCCCO)C1. The van der Waals surface area contributed by atoms with Crippen molar-refractivity contribution in [3.8, 4) is 0 Å². The van der Waals surface area contributed by atoms with Crippen LogP contribution in [-0.4, -0.2) is 48.2 Å². The molecular weight excluding hydrogens is 228 g/mol. The number of nitrogens with zero attached hydrogens (tertiary/aromatic N) is 1. The molecule has 0 aromatic heterocycles. The van der Waals surface area contributed by atoms with E-state index in [4.69, 9.17) is 5.11 Å². The van der Waals surface area contributed by atoms with Crippen molar-refractivity contribution in [2.45, 2.75) is 57.9 Å². The summed E-state index contributed by atoms with van der Waals surface area (Å²) in [5, 5.41) is 11.9. The van der Waals surface area contributed by atoms with Gasteiger partial charge in [-0.1, -0.05) is 6.92 Å². The van der Waals surface area contributed by atoms with Crippen LogP contribution in [0.3, 0.4) is 0 Å². The predicted octanol–water partition coefficient (Wildman–Crippen LogP) is 1.53. The second-order valence-electron chi connectivity index (χ2n) is 5.24. The Morgan fingerprint density at radius 1 is 1.39 bits per heavy atom. The number of aliphatic hydroxyl groups excluding tert-OH is 1. The number of nitrogens with one attached hydrogen (secondary N) is 1. The van der Waals surface area contributed by atoms with Gasteiger partial charge in [-0.15, -0.1) is 0 Å². The van der Waals surface area contributed by atoms with E-state index >= 15 is 0 Å². The number of unbranched alkanes of at least 4 members (excludes halogenated alkanes) is 2. The number of hydrogen-bond donors (Lipinski definition) is 2. The van der Waals surface area contributed by atoms with Gasteiger partial charge in [0.05, 0.1) is 0 Å². The number of likely N-dealkylation sites (tertiary alicyclic amines) is 1. The Labute approximate surface area is 111 Å². The van der Waals surface area contributed by atoms with E-state index in [1.807, 2.05) is 6.92 Å². The summed E-state index contributed by atoms with van der Waals surface area (Å²) >= 11 is 0. The van der Waals surface area contributed by atoms with Gasteiger partial charge in [-0.25, -0.2) is 0 Å². The van der Waals surface area contributed by atoms with Crippen LogP contribution < -0.4 is 5.32 Å². The highest BCUT2D eigenvalue weighted by Gasteiger charge is 2.20. The Morgan fingerprint density at radius 2 is 2.22 bits per heavy atom. The second kappa shape index (κ2) is 9.34. The molecule has 0 saturated carbocycles. The highest BCUT2D eigenvalue weighted by molar-refractivity contribution is 5.76. The van der Waals surface area contributed by atoms with Gasteiger partial charge in [-0.05, 0) is 51.6 Å². The molecule has 2 N–H and O–H groups in total. The summed E-state index contributed by atoms with van der Waals surface area (Å²) < 4.78 is 0. The summed E-state index contributed by atoms with van der Waals surface area (Å²) in [6.07, 6.45) is 7.01. The molecule has 1 heterocycles. The number of carbonyl (C=O) groups excluding carboxylic acids is 1. The first-order chi connectivity index (χ1) is 8.76. The zero-order chi connectivity index (χ0) is 13.2. The van der Waals surface area contributed by atoms with Crippen LogP contribution >= 0.6 is 0 Å². The average Bonchev–Trinajstić information content (AvgIpc) is 2.35. The minimum Gasteiger partial charge on any atom is -0.396 e. The molecule has 1 saturated heterocycles. The summed E-state index contributed by atoms with van der Waals surface area (Å²) in [4.78, 5) is 14.0. The molecule has 1 amide bonds. The molecule has 1 aliphatic heterocycles. The molecule has 1 fully saturated rings. The molecule has 0 aromatic rings. The summed E-state index contributed by atoms with van der Waals surface area (Å²) in [5.41, 5.74) is 0. The smallest absolute Gasteiger partial charge is 0.220 e. The van der Waals surface area contributed by atoms with Crippen LogP contribution in [0.4, 0.5) is 0 Å². The van der Waals surface area contributed by atoms with Crippen LogP contribution in [0.2, 0.25) is 0 Å². The van der Waals surface area contributed by atoms with E-state index in [1.165, 1.54) is 6.42 Å². The van der Waals surface area contributed by atoms with E-state index in [9.17, 15) is 4.79 Å². The standard InChI is InChI=1S/C14H28N2O2/c1-2-7-14(18)15-13-8-6-10-16(12-13)9-4-3-5-11-17/h13,17H,2-12H2,1H3,(H,15,18). The average molecular weight is 256 g/mol. The molecule has 1 unspecified atom stereocenters. The highest BCUT2D eigenvalue weighted by atomic mass is 16.2. The van der Waals surface area contributed by atoms with Crippen LogP contribution in [0.15, 0.2) is 0 Å². The molecule has 4 nitrogen and oxygen atoms in total. The van der Waals surface area contributed by atoms with Crippen molar-refractivity contribution in [2.24, 2.45) is 0 Å². The molecule has 1 aliphatic rings. The molecule has 18 heavy (non-hydrogen) atoms. The van der Waals surface area contributed by atoms with E-state index in [2.05, 4.69) is 10.2 Å². The molecule has 0 spiro atoms. The Hall–Kier alpha value is -0.610. The number of piperidine rings is 1. The van der Waals surface area contributed by atoms with Crippen LogP contribution in [0.25, 0.3) is 0 Å². The summed E-state index contributed by atoms with van der Waals surface area (Å²) in [5.74, 6) is 0.199. The van der Waals surface area contributed by atoms with Gasteiger partial charge < -0.3 is 15.3 Å². The van der Waals surface area contributed by atoms with E-state index in [0.717, 1.165) is 51.7 Å². The fraction of sp³-hybridized carbons (Fsp3) is 0.929. The topological polar surface area (TPSA) is 52.6 Å². The Morgan fingerprint density at radius 3 is 2.94 bits per heavy atom. The van der Waals surface area contributed by atoms with Crippen molar-refractivity contribution in [3.63, 3.8) is 0 Å². The second-order valence-corrected chi connectivity index (χ2v) is 5.24. The van der Waals surface area contributed by atoms with Crippen LogP contribution in [-0.2, 0) is 4.79 Å². The van der Waals surface area contributed by atoms with Gasteiger partial charge in [0.2, 0.25) is 5.91 Å². The Balaban J connectivity index is 2.17. The number of carbonyl (C=O) groups is 1. The van der Waals surface area contributed by atoms with Crippen LogP contribution in [0, 0.1) is 0 Å². The lowest BCUT2D eigenvalue weighted by atomic mass is 10.0. The fourth-order valence-corrected chi connectivity index (χ4v) is 2.53. The first kappa shape index (κ1) is 15.4. The number of rotatable bonds is 8. The number of amides is 1. The largest absolute Gasteiger partial charge is 0.396 e. The summed E-state index contributed by atoms with van der Waals surface area (Å²) in [7, 11) is 0. The lowest BCUT2D eigenvalue weighted by molar-refractivity contribution is -0.122. The van der Waals surface area contributed by atoms with Crippen molar-refractivity contribution in [2.75, 3.05) is 26.2 Å². The van der Waals surface area contributed by atoms with E-state index in [-0.39, 0.29) is 5.91 Å². The molecule has 4 heteroatoms. The Kier molecular flexibility index (Phi) is 8.01. The quantitative estimate of drug-likeness (QED) is 0.648. The third-order valence-corrected chi connectivity index (χ3v) is 3.48. The minimum absolute atomic E-state index is 0.199. The van der Waals surface area contributed by atoms with Gasteiger partial charge in [0.25, 0.3) is 0 Å². The van der Waals surface area contributed by atoms with Crippen molar-refractivity contribution in [3.05, 3.63) is 0 Å². The third-order valence-electron chi connectivity index (χ3n) is 3.48. The number of hydrogen-bond acceptors (Lipinski definition) is 3. The zero-order valence-electron chi connectivity index (χ0n) is 11.7. The third kappa shape index (κ3) is 6.36. The van der Waals surface area contributed by atoms with Gasteiger partial charge in [0.1, 0.15) is 0 Å². The minimum atomic E-state index is 0.199. The van der Waals surface area contributed by atoms with Crippen molar-refractivity contribution in [1.29, 1.82) is 0 Å². The van der Waals surface area contributed by atoms with Gasteiger partial charge in [0, 0.05) is 25.6 Å². The highest BCUT2D eigenvalue weighted by Crippen LogP contribution is 2.11. The van der Waals surface area contributed by atoms with Crippen LogP contribution in [0.1, 0.15) is 51.9 Å². The van der Waals surface area contributed by atoms with Crippen molar-refractivity contribution >= 4 is 5.91 Å². The lowest BCUT2D eigenvalue weighted by Gasteiger charge is -2.33. The van der Waals surface area contributed by atoms with Gasteiger partial charge in [-0.2, -0.15) is 0 Å².